The van der Waals surface area contributed by atoms with Gasteiger partial charge in [0, 0.05) is 28.0 Å². The van der Waals surface area contributed by atoms with Crippen LogP contribution in [0.1, 0.15) is 44.6 Å². The van der Waals surface area contributed by atoms with Crippen molar-refractivity contribution in [2.45, 2.75) is 39.0 Å². The maximum atomic E-state index is 11.4. The van der Waals surface area contributed by atoms with Crippen LogP contribution in [0.3, 0.4) is 0 Å². The second kappa shape index (κ2) is 5.70. The van der Waals surface area contributed by atoms with E-state index in [0.29, 0.717) is 12.3 Å². The molecule has 0 unspecified atom stereocenters. The Balaban J connectivity index is 2.42. The van der Waals surface area contributed by atoms with Gasteiger partial charge in [0.1, 0.15) is 5.78 Å². The number of nitrogens with one attached hydrogen (secondary N) is 1. The minimum atomic E-state index is 0.262. The van der Waals surface area contributed by atoms with Gasteiger partial charge in [0.2, 0.25) is 0 Å². The zero-order chi connectivity index (χ0) is 13.1. The molecule has 18 heavy (non-hydrogen) atoms. The van der Waals surface area contributed by atoms with E-state index >= 15 is 0 Å². The molecule has 2 aromatic rings. The number of fused-ring (bicyclic) bond motifs is 1. The Labute approximate surface area is 116 Å². The van der Waals surface area contributed by atoms with Gasteiger partial charge in [-0.05, 0) is 43.0 Å². The Kier molecular flexibility index (Phi) is 4.23. The molecule has 3 heteroatoms. The molecule has 1 aromatic carbocycles. The molecular weight excluding hydrogens is 290 g/mol. The van der Waals surface area contributed by atoms with Gasteiger partial charge in [-0.25, -0.2) is 0 Å². The van der Waals surface area contributed by atoms with Gasteiger partial charge < -0.3 is 9.78 Å². The van der Waals surface area contributed by atoms with Crippen LogP contribution in [0.2, 0.25) is 0 Å². The molecular formula is C15H18BrNO. The second-order valence-corrected chi connectivity index (χ2v) is 5.74. The smallest absolute Gasteiger partial charge is 0.130 e. The summed E-state index contributed by atoms with van der Waals surface area (Å²) < 4.78 is 1.08. The molecule has 0 aliphatic rings. The lowest BCUT2D eigenvalue weighted by Crippen LogP contribution is -2.03. The maximum Gasteiger partial charge on any atom is 0.130 e. The molecule has 1 atom stereocenters. The number of aromatic nitrogens is 1. The fourth-order valence-electron chi connectivity index (χ4n) is 2.52. The van der Waals surface area contributed by atoms with Crippen molar-refractivity contribution in [2.75, 3.05) is 0 Å². The lowest BCUT2D eigenvalue weighted by molar-refractivity contribution is -0.117. The van der Waals surface area contributed by atoms with Crippen molar-refractivity contribution in [2.24, 2.45) is 0 Å². The molecule has 1 N–H and O–H groups in total. The number of Topliss-reactive ketones (excluding diaryl/α,β-unsaturated/α-hetero) is 1. The van der Waals surface area contributed by atoms with Gasteiger partial charge >= 0.3 is 0 Å². The minimum Gasteiger partial charge on any atom is -0.361 e. The maximum absolute atomic E-state index is 11.4. The number of rotatable bonds is 5. The summed E-state index contributed by atoms with van der Waals surface area (Å²) in [6, 6.07) is 6.23. The van der Waals surface area contributed by atoms with Gasteiger partial charge in [0.25, 0.3) is 0 Å². The number of halogens is 1. The van der Waals surface area contributed by atoms with Crippen LogP contribution in [0.5, 0.6) is 0 Å². The van der Waals surface area contributed by atoms with E-state index in [1.807, 2.05) is 6.07 Å². The van der Waals surface area contributed by atoms with Gasteiger partial charge in [-0.1, -0.05) is 29.3 Å². The van der Waals surface area contributed by atoms with E-state index in [1.54, 1.807) is 6.92 Å². The van der Waals surface area contributed by atoms with Crippen molar-refractivity contribution in [3.63, 3.8) is 0 Å². The molecule has 0 aliphatic carbocycles. The number of H-pyrrole nitrogens is 1. The molecule has 0 aliphatic heterocycles. The summed E-state index contributed by atoms with van der Waals surface area (Å²) in [5.41, 5.74) is 2.40. The zero-order valence-electron chi connectivity index (χ0n) is 10.8. The molecule has 2 rings (SSSR count). The van der Waals surface area contributed by atoms with Crippen LogP contribution < -0.4 is 0 Å². The predicted octanol–water partition coefficient (Wildman–Crippen LogP) is 4.79. The van der Waals surface area contributed by atoms with Gasteiger partial charge in [-0.15, -0.1) is 0 Å². The Hall–Kier alpha value is -1.09. The lowest BCUT2D eigenvalue weighted by atomic mass is 9.90. The van der Waals surface area contributed by atoms with Gasteiger partial charge in [-0.3, -0.25) is 0 Å². The average molecular weight is 308 g/mol. The molecule has 0 saturated carbocycles. The van der Waals surface area contributed by atoms with Gasteiger partial charge in [0.05, 0.1) is 0 Å². The lowest BCUT2D eigenvalue weighted by Gasteiger charge is -2.13. The van der Waals surface area contributed by atoms with E-state index in [1.165, 1.54) is 10.9 Å². The number of hydrogen-bond donors (Lipinski definition) is 1. The van der Waals surface area contributed by atoms with E-state index in [2.05, 4.69) is 46.2 Å². The van der Waals surface area contributed by atoms with Crippen LogP contribution >= 0.6 is 15.9 Å². The van der Waals surface area contributed by atoms with Crippen molar-refractivity contribution in [3.05, 3.63) is 34.4 Å². The first-order valence-electron chi connectivity index (χ1n) is 6.37. The second-order valence-electron chi connectivity index (χ2n) is 4.83. The van der Waals surface area contributed by atoms with Gasteiger partial charge in [0.15, 0.2) is 0 Å². The number of ketones is 1. The van der Waals surface area contributed by atoms with Crippen LogP contribution in [0.4, 0.5) is 0 Å². The Bertz CT molecular complexity index is 559. The van der Waals surface area contributed by atoms with E-state index in [0.717, 1.165) is 22.8 Å². The van der Waals surface area contributed by atoms with Crippen molar-refractivity contribution >= 4 is 32.6 Å². The first-order chi connectivity index (χ1) is 8.61. The van der Waals surface area contributed by atoms with Crippen LogP contribution in [0.25, 0.3) is 10.9 Å². The SMILES string of the molecule is CCC[C@H](CC(C)=O)c1c[nH]c2ccc(Br)cc12. The fraction of sp³-hybridized carbons (Fsp3) is 0.400. The van der Waals surface area contributed by atoms with Crippen molar-refractivity contribution < 1.29 is 4.79 Å². The Morgan fingerprint density at radius 2 is 2.22 bits per heavy atom. The summed E-state index contributed by atoms with van der Waals surface area (Å²) in [4.78, 5) is 14.7. The number of carbonyl (C=O) groups is 1. The summed E-state index contributed by atoms with van der Waals surface area (Å²) in [7, 11) is 0. The Morgan fingerprint density at radius 1 is 1.44 bits per heavy atom. The van der Waals surface area contributed by atoms with Crippen LogP contribution in [-0.2, 0) is 4.79 Å². The third-order valence-electron chi connectivity index (χ3n) is 3.29. The molecule has 0 bridgehead atoms. The summed E-state index contributed by atoms with van der Waals surface area (Å²) in [6.45, 7) is 3.84. The van der Waals surface area contributed by atoms with Crippen molar-refractivity contribution in [1.29, 1.82) is 0 Å². The standard InChI is InChI=1S/C15H18BrNO/c1-3-4-11(7-10(2)18)14-9-17-15-6-5-12(16)8-13(14)15/h5-6,8-9,11,17H,3-4,7H2,1-2H3/t11-/m1/s1. The summed E-state index contributed by atoms with van der Waals surface area (Å²) in [5, 5.41) is 1.23. The molecule has 0 saturated heterocycles. The highest BCUT2D eigenvalue weighted by molar-refractivity contribution is 9.10. The molecule has 0 fully saturated rings. The van der Waals surface area contributed by atoms with Gasteiger partial charge in [-0.2, -0.15) is 0 Å². The van der Waals surface area contributed by atoms with Crippen LogP contribution in [0, 0.1) is 0 Å². The fourth-order valence-corrected chi connectivity index (χ4v) is 2.88. The number of benzene rings is 1. The highest BCUT2D eigenvalue weighted by Crippen LogP contribution is 2.32. The topological polar surface area (TPSA) is 32.9 Å². The largest absolute Gasteiger partial charge is 0.361 e. The number of hydrogen-bond acceptors (Lipinski definition) is 1. The molecule has 0 radical (unpaired) electrons. The van der Waals surface area contributed by atoms with Crippen LogP contribution in [0.15, 0.2) is 28.9 Å². The normalized spacial score (nSPS) is 12.8. The monoisotopic (exact) mass is 307 g/mol. The first-order valence-corrected chi connectivity index (χ1v) is 7.17. The molecule has 96 valence electrons. The van der Waals surface area contributed by atoms with E-state index in [9.17, 15) is 4.79 Å². The number of carbonyl (C=O) groups excluding carboxylic acids is 1. The summed E-state index contributed by atoms with van der Waals surface area (Å²) in [6.07, 6.45) is 4.84. The zero-order valence-corrected chi connectivity index (χ0v) is 12.4. The predicted molar refractivity (Wildman–Crippen MR) is 78.9 cm³/mol. The number of aromatic amines is 1. The first kappa shape index (κ1) is 13.3. The summed E-state index contributed by atoms with van der Waals surface area (Å²) in [5.74, 6) is 0.591. The van der Waals surface area contributed by atoms with E-state index in [-0.39, 0.29) is 5.78 Å². The van der Waals surface area contributed by atoms with E-state index in [4.69, 9.17) is 0 Å². The van der Waals surface area contributed by atoms with E-state index < -0.39 is 0 Å². The average Bonchev–Trinajstić information content (AvgIpc) is 2.70. The highest BCUT2D eigenvalue weighted by Gasteiger charge is 2.17. The van der Waals surface area contributed by atoms with Crippen molar-refractivity contribution in [3.8, 4) is 0 Å². The third kappa shape index (κ3) is 2.83. The molecule has 1 heterocycles. The summed E-state index contributed by atoms with van der Waals surface area (Å²) >= 11 is 3.51. The molecule has 2 nitrogen and oxygen atoms in total. The molecule has 0 spiro atoms. The third-order valence-corrected chi connectivity index (χ3v) is 3.78. The molecule has 1 aromatic heterocycles. The quantitative estimate of drug-likeness (QED) is 0.846. The molecule has 0 amide bonds. The van der Waals surface area contributed by atoms with Crippen molar-refractivity contribution in [1.82, 2.24) is 4.98 Å². The Morgan fingerprint density at radius 3 is 2.89 bits per heavy atom. The highest BCUT2D eigenvalue weighted by atomic mass is 79.9. The minimum absolute atomic E-state index is 0.262. The van der Waals surface area contributed by atoms with Crippen LogP contribution in [-0.4, -0.2) is 10.8 Å².